The Morgan fingerprint density at radius 3 is 2.85 bits per heavy atom. The zero-order valence-corrected chi connectivity index (χ0v) is 12.6. The zero-order valence-electron chi connectivity index (χ0n) is 12.6. The highest BCUT2D eigenvalue weighted by atomic mass is 16.5. The summed E-state index contributed by atoms with van der Waals surface area (Å²) in [4.78, 5) is 12.4. The van der Waals surface area contributed by atoms with Gasteiger partial charge in [-0.2, -0.15) is 0 Å². The Bertz CT molecular complexity index is 502. The quantitative estimate of drug-likeness (QED) is 0.598. The van der Waals surface area contributed by atoms with Crippen LogP contribution >= 0.6 is 0 Å². The van der Waals surface area contributed by atoms with E-state index >= 15 is 0 Å². The molecule has 0 N–H and O–H groups in total. The van der Waals surface area contributed by atoms with E-state index in [0.717, 1.165) is 48.1 Å². The van der Waals surface area contributed by atoms with Gasteiger partial charge in [0.2, 0.25) is 0 Å². The van der Waals surface area contributed by atoms with Crippen molar-refractivity contribution in [1.29, 1.82) is 0 Å². The topological polar surface area (TPSA) is 26.3 Å². The van der Waals surface area contributed by atoms with Crippen molar-refractivity contribution in [2.45, 2.75) is 51.4 Å². The summed E-state index contributed by atoms with van der Waals surface area (Å²) in [7, 11) is 1.69. The summed E-state index contributed by atoms with van der Waals surface area (Å²) in [6, 6.07) is 6.06. The number of methoxy groups -OCH3 is 1. The molecule has 1 aromatic carbocycles. The van der Waals surface area contributed by atoms with E-state index in [1.165, 1.54) is 6.42 Å². The number of carbonyl (C=O) groups is 1. The summed E-state index contributed by atoms with van der Waals surface area (Å²) >= 11 is 0. The molecule has 1 saturated carbocycles. The molecule has 0 spiro atoms. The van der Waals surface area contributed by atoms with Gasteiger partial charge in [0.1, 0.15) is 11.5 Å². The second-order valence-corrected chi connectivity index (χ2v) is 5.78. The van der Waals surface area contributed by atoms with Crippen LogP contribution in [0, 0.1) is 0 Å². The molecule has 0 aliphatic heterocycles. The molecule has 108 valence electrons. The largest absolute Gasteiger partial charge is 0.496 e. The minimum Gasteiger partial charge on any atom is -0.496 e. The predicted molar refractivity (Wildman–Crippen MR) is 82.3 cm³/mol. The zero-order chi connectivity index (χ0) is 14.5. The number of Topliss-reactive ketones (excluding diaryl/α,β-unsaturated/α-hetero) is 1. The fourth-order valence-corrected chi connectivity index (χ4v) is 3.08. The van der Waals surface area contributed by atoms with E-state index in [1.807, 2.05) is 19.1 Å². The third-order valence-corrected chi connectivity index (χ3v) is 4.05. The molecule has 2 nitrogen and oxygen atoms in total. The first kappa shape index (κ1) is 14.8. The minimum atomic E-state index is 0.0435. The van der Waals surface area contributed by atoms with Crippen molar-refractivity contribution in [2.24, 2.45) is 0 Å². The van der Waals surface area contributed by atoms with Gasteiger partial charge in [-0.15, -0.1) is 0 Å². The number of hydrogen-bond donors (Lipinski definition) is 0. The van der Waals surface area contributed by atoms with Gasteiger partial charge in [-0.25, -0.2) is 0 Å². The van der Waals surface area contributed by atoms with E-state index in [2.05, 4.69) is 12.6 Å². The maximum Gasteiger partial charge on any atom is 0.140 e. The summed E-state index contributed by atoms with van der Waals surface area (Å²) in [5, 5.41) is 0. The molecule has 1 aromatic rings. The fraction of sp³-hybridized carbons (Fsp3) is 0.500. The van der Waals surface area contributed by atoms with Gasteiger partial charge < -0.3 is 4.74 Å². The van der Waals surface area contributed by atoms with Crippen molar-refractivity contribution in [3.8, 4) is 5.75 Å². The standard InChI is InChI=1S/C18H24O2/c1-13(2)12-16-14(9-7-11-18(16)20-3)15-8-5-4-6-10-17(15)19/h7,9,11,15H,1,4-6,8,10,12H2,2-3H3. The monoisotopic (exact) mass is 272 g/mol. The number of ketones is 1. The molecule has 1 aliphatic carbocycles. The molecule has 1 unspecified atom stereocenters. The third kappa shape index (κ3) is 3.30. The van der Waals surface area contributed by atoms with E-state index in [0.29, 0.717) is 12.2 Å². The maximum absolute atomic E-state index is 12.4. The van der Waals surface area contributed by atoms with Crippen LogP contribution in [0.2, 0.25) is 0 Å². The molecule has 0 heterocycles. The Morgan fingerprint density at radius 1 is 1.35 bits per heavy atom. The Balaban J connectivity index is 2.43. The normalized spacial score (nSPS) is 19.5. The van der Waals surface area contributed by atoms with Crippen molar-refractivity contribution < 1.29 is 9.53 Å². The van der Waals surface area contributed by atoms with Crippen molar-refractivity contribution in [1.82, 2.24) is 0 Å². The number of ether oxygens (including phenoxy) is 1. The van der Waals surface area contributed by atoms with E-state index in [1.54, 1.807) is 7.11 Å². The molecule has 0 radical (unpaired) electrons. The minimum absolute atomic E-state index is 0.0435. The Labute approximate surface area is 121 Å². The molecule has 0 aromatic heterocycles. The molecule has 0 saturated heterocycles. The van der Waals surface area contributed by atoms with Crippen LogP contribution in [0.4, 0.5) is 0 Å². The highest BCUT2D eigenvalue weighted by Crippen LogP contribution is 2.35. The third-order valence-electron chi connectivity index (χ3n) is 4.05. The average molecular weight is 272 g/mol. The second kappa shape index (κ2) is 6.74. The van der Waals surface area contributed by atoms with Crippen LogP contribution in [0.1, 0.15) is 56.1 Å². The summed E-state index contributed by atoms with van der Waals surface area (Å²) in [6.07, 6.45) is 5.81. The molecular formula is C18H24O2. The first-order valence-corrected chi connectivity index (χ1v) is 7.46. The number of hydrogen-bond acceptors (Lipinski definition) is 2. The molecule has 20 heavy (non-hydrogen) atoms. The summed E-state index contributed by atoms with van der Waals surface area (Å²) in [5.41, 5.74) is 3.39. The molecular weight excluding hydrogens is 248 g/mol. The van der Waals surface area contributed by atoms with Crippen LogP contribution in [0.25, 0.3) is 0 Å². The van der Waals surface area contributed by atoms with E-state index < -0.39 is 0 Å². The van der Waals surface area contributed by atoms with Gasteiger partial charge in [0.05, 0.1) is 7.11 Å². The molecule has 2 heteroatoms. The van der Waals surface area contributed by atoms with Crippen LogP contribution in [0.15, 0.2) is 30.4 Å². The summed E-state index contributed by atoms with van der Waals surface area (Å²) in [6.45, 7) is 6.03. The summed E-state index contributed by atoms with van der Waals surface area (Å²) < 4.78 is 5.49. The highest BCUT2D eigenvalue weighted by molar-refractivity contribution is 5.86. The Morgan fingerprint density at radius 2 is 2.15 bits per heavy atom. The van der Waals surface area contributed by atoms with E-state index in [-0.39, 0.29) is 5.92 Å². The lowest BCUT2D eigenvalue weighted by Crippen LogP contribution is -2.13. The van der Waals surface area contributed by atoms with Crippen molar-refractivity contribution in [2.75, 3.05) is 7.11 Å². The van der Waals surface area contributed by atoms with Crippen LogP contribution in [0.5, 0.6) is 5.75 Å². The van der Waals surface area contributed by atoms with Crippen molar-refractivity contribution >= 4 is 5.78 Å². The lowest BCUT2D eigenvalue weighted by atomic mass is 9.85. The Hall–Kier alpha value is -1.57. The fourth-order valence-electron chi connectivity index (χ4n) is 3.08. The van der Waals surface area contributed by atoms with Gasteiger partial charge in [0.15, 0.2) is 0 Å². The molecule has 1 fully saturated rings. The maximum atomic E-state index is 12.4. The van der Waals surface area contributed by atoms with E-state index in [4.69, 9.17) is 4.74 Å². The average Bonchev–Trinajstić information content (AvgIpc) is 2.63. The molecule has 2 rings (SSSR count). The van der Waals surface area contributed by atoms with Crippen LogP contribution in [0.3, 0.4) is 0 Å². The van der Waals surface area contributed by atoms with E-state index in [9.17, 15) is 4.79 Å². The van der Waals surface area contributed by atoms with Gasteiger partial charge in [0.25, 0.3) is 0 Å². The number of benzene rings is 1. The van der Waals surface area contributed by atoms with Gasteiger partial charge in [-0.1, -0.05) is 37.1 Å². The van der Waals surface area contributed by atoms with Crippen LogP contribution in [-0.2, 0) is 11.2 Å². The second-order valence-electron chi connectivity index (χ2n) is 5.78. The molecule has 1 atom stereocenters. The smallest absolute Gasteiger partial charge is 0.140 e. The summed E-state index contributed by atoms with van der Waals surface area (Å²) in [5.74, 6) is 1.31. The Kier molecular flexibility index (Phi) is 4.99. The van der Waals surface area contributed by atoms with Gasteiger partial charge in [-0.05, 0) is 37.8 Å². The number of rotatable bonds is 4. The van der Waals surface area contributed by atoms with Gasteiger partial charge >= 0.3 is 0 Å². The highest BCUT2D eigenvalue weighted by Gasteiger charge is 2.25. The predicted octanol–water partition coefficient (Wildman–Crippen LogP) is 4.43. The van der Waals surface area contributed by atoms with Gasteiger partial charge in [0, 0.05) is 17.9 Å². The molecule has 1 aliphatic rings. The SMILES string of the molecule is C=C(C)Cc1c(OC)cccc1C1CCCCCC1=O. The van der Waals surface area contributed by atoms with Crippen molar-refractivity contribution in [3.05, 3.63) is 41.5 Å². The van der Waals surface area contributed by atoms with Crippen LogP contribution in [-0.4, -0.2) is 12.9 Å². The lowest BCUT2D eigenvalue weighted by molar-refractivity contribution is -0.120. The first-order chi connectivity index (χ1) is 9.63. The molecule has 0 bridgehead atoms. The number of carbonyl (C=O) groups excluding carboxylic acids is 1. The number of allylic oxidation sites excluding steroid dienone is 1. The lowest BCUT2D eigenvalue weighted by Gasteiger charge is -2.20. The molecule has 0 amide bonds. The first-order valence-electron chi connectivity index (χ1n) is 7.46. The van der Waals surface area contributed by atoms with Gasteiger partial charge in [-0.3, -0.25) is 4.79 Å². The van der Waals surface area contributed by atoms with Crippen LogP contribution < -0.4 is 4.74 Å². The van der Waals surface area contributed by atoms with Crippen molar-refractivity contribution in [3.63, 3.8) is 0 Å².